The summed E-state index contributed by atoms with van der Waals surface area (Å²) >= 11 is 1.25. The zero-order chi connectivity index (χ0) is 31.9. The van der Waals surface area contributed by atoms with Crippen LogP contribution in [0.2, 0.25) is 0 Å². The molecular formula is C33H43N7O3S. The Bertz CT molecular complexity index is 1490. The molecular weight excluding hydrogens is 574 g/mol. The molecule has 234 valence electrons. The molecule has 1 fully saturated rings. The van der Waals surface area contributed by atoms with Gasteiger partial charge in [-0.2, -0.15) is 5.26 Å². The first-order valence-electron chi connectivity index (χ1n) is 15.0. The van der Waals surface area contributed by atoms with Gasteiger partial charge in [0.1, 0.15) is 21.9 Å². The van der Waals surface area contributed by atoms with E-state index in [-0.39, 0.29) is 22.8 Å². The third-order valence-electron chi connectivity index (χ3n) is 7.58. The fourth-order valence-electron chi connectivity index (χ4n) is 5.50. The average Bonchev–Trinajstić information content (AvgIpc) is 3.61. The molecule has 1 atom stereocenters. The monoisotopic (exact) mass is 617 g/mol. The van der Waals surface area contributed by atoms with Crippen LogP contribution in [0, 0.1) is 16.7 Å². The Morgan fingerprint density at radius 1 is 1.09 bits per heavy atom. The summed E-state index contributed by atoms with van der Waals surface area (Å²) in [5, 5.41) is 21.0. The van der Waals surface area contributed by atoms with Gasteiger partial charge in [0.2, 0.25) is 5.91 Å². The first-order valence-corrected chi connectivity index (χ1v) is 15.9. The number of amides is 3. The quantitative estimate of drug-likeness (QED) is 0.178. The number of carbonyl (C=O) groups is 3. The topological polar surface area (TPSA) is 121 Å². The van der Waals surface area contributed by atoms with E-state index in [1.165, 1.54) is 16.7 Å². The molecule has 0 bridgehead atoms. The van der Waals surface area contributed by atoms with Gasteiger partial charge in [0, 0.05) is 63.6 Å². The molecule has 2 heterocycles. The van der Waals surface area contributed by atoms with Gasteiger partial charge in [0.25, 0.3) is 11.8 Å². The number of nitrogens with zero attached hydrogens (tertiary/aromatic N) is 4. The number of nitrogens with one attached hydrogen (secondary N) is 3. The van der Waals surface area contributed by atoms with E-state index in [2.05, 4.69) is 51.7 Å². The Balaban J connectivity index is 1.37. The molecule has 2 aromatic rings. The molecule has 1 saturated heterocycles. The van der Waals surface area contributed by atoms with Gasteiger partial charge in [-0.05, 0) is 61.5 Å². The van der Waals surface area contributed by atoms with Gasteiger partial charge in [-0.3, -0.25) is 19.3 Å². The van der Waals surface area contributed by atoms with Gasteiger partial charge in [-0.25, -0.2) is 0 Å². The third-order valence-corrected chi connectivity index (χ3v) is 8.88. The molecule has 0 saturated carbocycles. The van der Waals surface area contributed by atoms with Crippen molar-refractivity contribution >= 4 is 45.9 Å². The number of anilines is 1. The van der Waals surface area contributed by atoms with E-state index < -0.39 is 11.2 Å². The molecule has 0 radical (unpaired) electrons. The summed E-state index contributed by atoms with van der Waals surface area (Å²) in [5.74, 6) is -0.691. The highest BCUT2D eigenvalue weighted by Crippen LogP contribution is 2.37. The maximum absolute atomic E-state index is 13.3. The Morgan fingerprint density at radius 3 is 2.48 bits per heavy atom. The second kappa shape index (κ2) is 14.8. The van der Waals surface area contributed by atoms with Crippen molar-refractivity contribution in [2.75, 3.05) is 71.8 Å². The molecule has 4 rings (SSSR count). The summed E-state index contributed by atoms with van der Waals surface area (Å²) < 4.78 is 0. The van der Waals surface area contributed by atoms with Gasteiger partial charge < -0.3 is 25.8 Å². The van der Waals surface area contributed by atoms with Crippen LogP contribution in [0.4, 0.5) is 5.69 Å². The zero-order valence-electron chi connectivity index (χ0n) is 26.3. The van der Waals surface area contributed by atoms with Crippen LogP contribution in [0.25, 0.3) is 10.8 Å². The van der Waals surface area contributed by atoms with Crippen LogP contribution in [-0.2, 0) is 9.59 Å². The van der Waals surface area contributed by atoms with Crippen molar-refractivity contribution in [2.24, 2.45) is 5.41 Å². The number of rotatable bonds is 13. The largest absolute Gasteiger partial charge is 0.383 e. The van der Waals surface area contributed by atoms with Crippen LogP contribution in [0.15, 0.2) is 59.2 Å². The van der Waals surface area contributed by atoms with E-state index >= 15 is 0 Å². The van der Waals surface area contributed by atoms with Crippen LogP contribution in [0.1, 0.15) is 31.1 Å². The fourth-order valence-corrected chi connectivity index (χ4v) is 6.77. The maximum Gasteiger partial charge on any atom is 0.264 e. The Kier molecular flexibility index (Phi) is 11.1. The molecule has 10 nitrogen and oxygen atoms in total. The van der Waals surface area contributed by atoms with Crippen molar-refractivity contribution in [3.63, 3.8) is 0 Å². The summed E-state index contributed by atoms with van der Waals surface area (Å²) in [6.45, 7) is 11.1. The van der Waals surface area contributed by atoms with E-state index in [0.29, 0.717) is 36.8 Å². The molecule has 0 aromatic heterocycles. The van der Waals surface area contributed by atoms with Crippen LogP contribution < -0.4 is 16.0 Å². The Morgan fingerprint density at radius 2 is 1.80 bits per heavy atom. The lowest BCUT2D eigenvalue weighted by atomic mass is 9.93. The van der Waals surface area contributed by atoms with Gasteiger partial charge in [-0.1, -0.05) is 49.9 Å². The number of carbonyl (C=O) groups excluding carboxylic acids is 3. The zero-order valence-corrected chi connectivity index (χ0v) is 27.1. The van der Waals surface area contributed by atoms with Crippen molar-refractivity contribution in [1.29, 1.82) is 5.26 Å². The second-order valence-electron chi connectivity index (χ2n) is 12.2. The number of hydrogen-bond acceptors (Lipinski definition) is 8. The predicted octanol–water partition coefficient (Wildman–Crippen LogP) is 3.26. The molecule has 11 heteroatoms. The fraction of sp³-hybridized carbons (Fsp3) is 0.455. The van der Waals surface area contributed by atoms with Crippen molar-refractivity contribution in [2.45, 2.75) is 26.0 Å². The minimum absolute atomic E-state index is 0.0352. The summed E-state index contributed by atoms with van der Waals surface area (Å²) in [7, 11) is 3.95. The van der Waals surface area contributed by atoms with Gasteiger partial charge >= 0.3 is 0 Å². The number of fused-ring (bicyclic) bond motifs is 1. The van der Waals surface area contributed by atoms with E-state index in [9.17, 15) is 19.6 Å². The summed E-state index contributed by atoms with van der Waals surface area (Å²) in [4.78, 5) is 44.8. The SMILES string of the molecule is CCN1C(=O)C(CNc2ccc3cc(C(=O)NCCN4CC=CC4)ccc3c2)S/C1=C(/C#N)C(=O)NCC(C)(C)CN(C)C. The number of benzene rings is 2. The number of nitriles is 1. The minimum Gasteiger partial charge on any atom is -0.383 e. The minimum atomic E-state index is -0.482. The van der Waals surface area contributed by atoms with Gasteiger partial charge in [-0.15, -0.1) is 0 Å². The Hall–Kier alpha value is -3.85. The van der Waals surface area contributed by atoms with Crippen molar-refractivity contribution in [1.82, 2.24) is 25.3 Å². The highest BCUT2D eigenvalue weighted by atomic mass is 32.2. The molecule has 3 amide bonds. The van der Waals surface area contributed by atoms with Crippen LogP contribution in [-0.4, -0.2) is 104 Å². The number of thioether (sulfide) groups is 1. The standard InChI is InChI=1S/C33H43N7O3S/c1-6-40-31(43)28(44-32(40)27(19-34)30(42)37-21-33(2,3)22-38(4)5)20-36-26-12-11-23-17-25(10-9-24(23)18-26)29(41)35-13-16-39-14-7-8-15-39/h7-12,17-18,28,36H,6,13-16,20-22H2,1-5H3,(H,35,41)(H,37,42)/b32-27-. The first-order chi connectivity index (χ1) is 21.0. The highest BCUT2D eigenvalue weighted by Gasteiger charge is 2.39. The average molecular weight is 618 g/mol. The van der Waals surface area contributed by atoms with Crippen molar-refractivity contribution in [3.8, 4) is 6.07 Å². The molecule has 2 aromatic carbocycles. The molecule has 0 spiro atoms. The molecule has 3 N–H and O–H groups in total. The number of hydrogen-bond donors (Lipinski definition) is 3. The molecule has 44 heavy (non-hydrogen) atoms. The molecule has 2 aliphatic rings. The van der Waals surface area contributed by atoms with E-state index in [1.807, 2.05) is 63.5 Å². The summed E-state index contributed by atoms with van der Waals surface area (Å²) in [6, 6.07) is 13.5. The lowest BCUT2D eigenvalue weighted by Gasteiger charge is -2.28. The van der Waals surface area contributed by atoms with Crippen LogP contribution >= 0.6 is 11.8 Å². The predicted molar refractivity (Wildman–Crippen MR) is 177 cm³/mol. The molecule has 0 aliphatic carbocycles. The smallest absolute Gasteiger partial charge is 0.264 e. The van der Waals surface area contributed by atoms with E-state index in [4.69, 9.17) is 0 Å². The van der Waals surface area contributed by atoms with E-state index in [1.54, 1.807) is 0 Å². The highest BCUT2D eigenvalue weighted by molar-refractivity contribution is 8.04. The molecule has 2 aliphatic heterocycles. The third kappa shape index (κ3) is 8.40. The van der Waals surface area contributed by atoms with Crippen molar-refractivity contribution in [3.05, 3.63) is 64.7 Å². The van der Waals surface area contributed by atoms with Crippen molar-refractivity contribution < 1.29 is 14.4 Å². The first kappa shape index (κ1) is 33.1. The molecule has 1 unspecified atom stereocenters. The van der Waals surface area contributed by atoms with Gasteiger partial charge in [0.05, 0.1) is 0 Å². The summed E-state index contributed by atoms with van der Waals surface area (Å²) in [6.07, 6.45) is 4.27. The van der Waals surface area contributed by atoms with Crippen LogP contribution in [0.5, 0.6) is 0 Å². The van der Waals surface area contributed by atoms with E-state index in [0.717, 1.165) is 42.6 Å². The normalized spacial score (nSPS) is 18.2. The van der Waals surface area contributed by atoms with Gasteiger partial charge in [0.15, 0.2) is 0 Å². The Labute approximate surface area is 264 Å². The second-order valence-corrected chi connectivity index (χ2v) is 13.4. The lowest BCUT2D eigenvalue weighted by Crippen LogP contribution is -2.40. The van der Waals surface area contributed by atoms with Crippen LogP contribution in [0.3, 0.4) is 0 Å². The maximum atomic E-state index is 13.3. The lowest BCUT2D eigenvalue weighted by molar-refractivity contribution is -0.127. The summed E-state index contributed by atoms with van der Waals surface area (Å²) in [5.41, 5.74) is 1.23.